The Morgan fingerprint density at radius 3 is 1.87 bits per heavy atom. The molecule has 22 heteroatoms. The van der Waals surface area contributed by atoms with Crippen molar-refractivity contribution < 1.29 is 107 Å². The van der Waals surface area contributed by atoms with Crippen molar-refractivity contribution in [3.05, 3.63) is 11.6 Å². The fourth-order valence-corrected chi connectivity index (χ4v) is 16.1. The van der Waals surface area contributed by atoms with Gasteiger partial charge in [-0.15, -0.1) is 0 Å². The van der Waals surface area contributed by atoms with Gasteiger partial charge < -0.3 is 88.2 Å². The van der Waals surface area contributed by atoms with Crippen LogP contribution in [0.25, 0.3) is 0 Å². The van der Waals surface area contributed by atoms with Crippen molar-refractivity contribution in [2.24, 2.45) is 50.2 Å². The summed E-state index contributed by atoms with van der Waals surface area (Å²) in [4.78, 5) is 51.9. The highest BCUT2D eigenvalue weighted by Gasteiger charge is 2.73. The molecule has 5 aliphatic carbocycles. The predicted molar refractivity (Wildman–Crippen MR) is 260 cm³/mol. The van der Waals surface area contributed by atoms with Crippen LogP contribution in [0, 0.1) is 50.2 Å². The van der Waals surface area contributed by atoms with Crippen LogP contribution in [0.2, 0.25) is 0 Å². The van der Waals surface area contributed by atoms with Crippen molar-refractivity contribution in [2.45, 2.75) is 225 Å². The summed E-state index contributed by atoms with van der Waals surface area (Å²) in [6.45, 7) is 18.2. The van der Waals surface area contributed by atoms with Gasteiger partial charge in [0.05, 0.1) is 31.8 Å². The molecule has 76 heavy (non-hydrogen) atoms. The summed E-state index contributed by atoms with van der Waals surface area (Å²) in [5.74, 6) is -2.66. The van der Waals surface area contributed by atoms with Gasteiger partial charge in [-0.1, -0.05) is 60.1 Å². The van der Waals surface area contributed by atoms with E-state index in [0.717, 1.165) is 20.0 Å². The Kier molecular flexibility index (Phi) is 16.8. The maximum absolute atomic E-state index is 13.2. The molecule has 24 atom stereocenters. The first-order chi connectivity index (χ1) is 35.4. The molecule has 432 valence electrons. The maximum Gasteiger partial charge on any atom is 0.337 e. The van der Waals surface area contributed by atoms with E-state index in [9.17, 15) is 60.0 Å². The van der Waals surface area contributed by atoms with Crippen LogP contribution in [0.1, 0.15) is 121 Å². The van der Waals surface area contributed by atoms with Crippen molar-refractivity contribution >= 4 is 23.9 Å². The van der Waals surface area contributed by atoms with Crippen molar-refractivity contribution in [3.8, 4) is 0 Å². The molecule has 8 rings (SSSR count). The second-order valence-corrected chi connectivity index (χ2v) is 25.3. The van der Waals surface area contributed by atoms with Gasteiger partial charge in [-0.3, -0.25) is 14.4 Å². The van der Waals surface area contributed by atoms with Crippen LogP contribution in [-0.2, 0) is 66.5 Å². The summed E-state index contributed by atoms with van der Waals surface area (Å²) in [5, 5.41) is 86.9. The van der Waals surface area contributed by atoms with E-state index < -0.39 is 158 Å². The number of hydrogen-bond donors (Lipinski definition) is 8. The minimum Gasteiger partial charge on any atom is -0.467 e. The number of ether oxygens (including phenoxy) is 10. The minimum atomic E-state index is -1.95. The van der Waals surface area contributed by atoms with Crippen LogP contribution < -0.4 is 0 Å². The highest BCUT2D eigenvalue weighted by molar-refractivity contribution is 5.75. The normalized spacial score (nSPS) is 48.5. The van der Waals surface area contributed by atoms with Crippen LogP contribution in [-0.4, -0.2) is 196 Å². The summed E-state index contributed by atoms with van der Waals surface area (Å²) in [6.07, 6.45) is -19.4. The Morgan fingerprint density at radius 2 is 1.26 bits per heavy atom. The van der Waals surface area contributed by atoms with E-state index in [1.165, 1.54) is 26.3 Å². The molecule has 0 aromatic rings. The molecule has 22 nitrogen and oxygen atoms in total. The molecule has 7 fully saturated rings. The maximum atomic E-state index is 13.2. The van der Waals surface area contributed by atoms with Gasteiger partial charge in [-0.2, -0.15) is 0 Å². The lowest BCUT2D eigenvalue weighted by Crippen LogP contribution is -2.70. The van der Waals surface area contributed by atoms with Gasteiger partial charge in [0.2, 0.25) is 0 Å². The van der Waals surface area contributed by atoms with Crippen LogP contribution in [0.4, 0.5) is 0 Å². The number of carbonyl (C=O) groups is 4. The molecule has 0 radical (unpaired) electrons. The Morgan fingerprint density at radius 1 is 0.658 bits per heavy atom. The van der Waals surface area contributed by atoms with Gasteiger partial charge in [0, 0.05) is 20.8 Å². The first kappa shape index (κ1) is 59.2. The molecular weight excluding hydrogens is 1000 g/mol. The van der Waals surface area contributed by atoms with E-state index in [4.69, 9.17) is 47.4 Å². The summed E-state index contributed by atoms with van der Waals surface area (Å²) < 4.78 is 60.1. The van der Waals surface area contributed by atoms with E-state index >= 15 is 0 Å². The highest BCUT2D eigenvalue weighted by Crippen LogP contribution is 2.76. The van der Waals surface area contributed by atoms with Crippen molar-refractivity contribution in [2.75, 3.05) is 26.9 Å². The number of aliphatic hydroxyl groups excluding tert-OH is 8. The molecule has 0 amide bonds. The molecule has 0 aromatic heterocycles. The number of aliphatic hydroxyl groups is 8. The predicted octanol–water partition coefficient (Wildman–Crippen LogP) is 1.09. The topological polar surface area (TPSA) is 322 Å². The van der Waals surface area contributed by atoms with Gasteiger partial charge >= 0.3 is 23.9 Å². The van der Waals surface area contributed by atoms with Crippen LogP contribution >= 0.6 is 0 Å². The van der Waals surface area contributed by atoms with Gasteiger partial charge in [-0.05, 0) is 96.2 Å². The number of esters is 4. The third kappa shape index (κ3) is 9.97. The van der Waals surface area contributed by atoms with Crippen LogP contribution in [0.3, 0.4) is 0 Å². The number of carbonyl (C=O) groups excluding carboxylic acids is 4. The highest BCUT2D eigenvalue weighted by atomic mass is 16.8. The SMILES string of the molecule is COC(=O)[C@H]1O[C@@H](O[C@H]2CC[C@]3(C)[C@H]4CC=C5[C@@H]6CC(C)(C)C[C@H](OC(C)=O)[C@]6(COC(C)=O)[C@@H](OC(C)=O)C[C@@]5(C)[C@]4(C)CC[C@H]3C2(C)C)[C@H](O[C@@H]2O[C@H](CO)[C@@H](O)[C@H](O)[C@H]2O[C@@H]2OC[C@@H](O)[C@H](O)[C@H]2O)[C@@H](O)[C@@H]1O. The summed E-state index contributed by atoms with van der Waals surface area (Å²) in [7, 11) is 1.09. The lowest BCUT2D eigenvalue weighted by Gasteiger charge is -2.72. The third-order valence-corrected chi connectivity index (χ3v) is 20.0. The molecular formula is C54H84O22. The molecule has 8 N–H and O–H groups in total. The average Bonchev–Trinajstić information content (AvgIpc) is 3.48. The first-order valence-electron chi connectivity index (χ1n) is 26.9. The molecule has 0 spiro atoms. The van der Waals surface area contributed by atoms with Gasteiger partial charge in [0.1, 0.15) is 79.9 Å². The smallest absolute Gasteiger partial charge is 0.337 e. The molecule has 0 unspecified atom stereocenters. The standard InChI is InChI=1S/C54H84O22/c1-24(56)69-23-54-28(18-49(4,5)19-34(54)70-25(2)57)27-12-13-32-51(8)16-15-33(50(6,7)31(51)14-17-52(32,9)53(27,10)20-35(54)71-26(3)58)73-48-44(40(64)39(63)42(74-48)45(66)67-11)76-47-43(38(62)37(61)30(21-55)72-47)75-46-41(65)36(60)29(59)22-68-46/h12,28-44,46-48,55,59-65H,13-23H2,1-11H3/t28-,29+,30+,31-,32+,33-,34-,35-,36-,37+,38-,39-,40-,41+,42-,43+,44+,46-,47-,48+,51-,52+,53+,54+/m0/s1. The van der Waals surface area contributed by atoms with Gasteiger partial charge in [0.15, 0.2) is 25.0 Å². The second kappa shape index (κ2) is 21.5. The molecule has 3 aliphatic heterocycles. The zero-order chi connectivity index (χ0) is 56.0. The molecule has 3 heterocycles. The monoisotopic (exact) mass is 1080 g/mol. The number of allylic oxidation sites excluding steroid dienone is 2. The Hall–Kier alpha value is -2.94. The lowest BCUT2D eigenvalue weighted by atomic mass is 9.33. The molecule has 4 saturated carbocycles. The van der Waals surface area contributed by atoms with Gasteiger partial charge in [-0.25, -0.2) is 4.79 Å². The van der Waals surface area contributed by atoms with Crippen molar-refractivity contribution in [1.82, 2.24) is 0 Å². The van der Waals surface area contributed by atoms with Gasteiger partial charge in [0.25, 0.3) is 0 Å². The largest absolute Gasteiger partial charge is 0.467 e. The average molecular weight is 1090 g/mol. The molecule has 0 bridgehead atoms. The second-order valence-electron chi connectivity index (χ2n) is 25.3. The number of rotatable bonds is 12. The summed E-state index contributed by atoms with van der Waals surface area (Å²) >= 11 is 0. The Balaban J connectivity index is 1.11. The summed E-state index contributed by atoms with van der Waals surface area (Å²) in [6, 6.07) is 0. The Labute approximate surface area is 443 Å². The van der Waals surface area contributed by atoms with E-state index in [0.29, 0.717) is 38.5 Å². The third-order valence-electron chi connectivity index (χ3n) is 20.0. The quantitative estimate of drug-likeness (QED) is 0.0587. The Bertz CT molecular complexity index is 2190. The van der Waals surface area contributed by atoms with E-state index in [1.807, 2.05) is 0 Å². The number of methoxy groups -OCH3 is 1. The van der Waals surface area contributed by atoms with Crippen molar-refractivity contribution in [1.29, 1.82) is 0 Å². The fourth-order valence-electron chi connectivity index (χ4n) is 16.1. The zero-order valence-electron chi connectivity index (χ0n) is 45.7. The molecule has 8 aliphatic rings. The van der Waals surface area contributed by atoms with E-state index in [1.54, 1.807) is 0 Å². The van der Waals surface area contributed by atoms with Crippen LogP contribution in [0.5, 0.6) is 0 Å². The molecule has 3 saturated heterocycles. The van der Waals surface area contributed by atoms with E-state index in [2.05, 4.69) is 54.5 Å². The minimum absolute atomic E-state index is 0.000298. The molecule has 0 aromatic carbocycles. The van der Waals surface area contributed by atoms with Crippen molar-refractivity contribution in [3.63, 3.8) is 0 Å². The summed E-state index contributed by atoms with van der Waals surface area (Å²) in [5.41, 5.74) is -2.04. The zero-order valence-corrected chi connectivity index (χ0v) is 45.7. The lowest BCUT2D eigenvalue weighted by molar-refractivity contribution is -0.392. The van der Waals surface area contributed by atoms with E-state index in [-0.39, 0.29) is 40.6 Å². The first-order valence-corrected chi connectivity index (χ1v) is 26.9. The number of fused-ring (bicyclic) bond motifs is 7. The fraction of sp³-hybridized carbons (Fsp3) is 0.889. The number of hydrogen-bond acceptors (Lipinski definition) is 22. The van der Waals surface area contributed by atoms with Crippen LogP contribution in [0.15, 0.2) is 11.6 Å².